The van der Waals surface area contributed by atoms with E-state index in [0.717, 1.165) is 30.3 Å². The van der Waals surface area contributed by atoms with Crippen LogP contribution in [-0.4, -0.2) is 27.2 Å². The lowest BCUT2D eigenvalue weighted by molar-refractivity contribution is 0.670. The van der Waals surface area contributed by atoms with E-state index in [1.54, 1.807) is 6.20 Å². The molecular formula is C11H18N2OS. The molecule has 0 bridgehead atoms. The van der Waals surface area contributed by atoms with Gasteiger partial charge in [0.05, 0.1) is 5.69 Å². The zero-order valence-electron chi connectivity index (χ0n) is 9.32. The lowest BCUT2D eigenvalue weighted by Crippen LogP contribution is -2.21. The predicted molar refractivity (Wildman–Crippen MR) is 64.2 cm³/mol. The van der Waals surface area contributed by atoms with Gasteiger partial charge in [-0.25, -0.2) is 0 Å². The smallest absolute Gasteiger partial charge is 0.0570 e. The van der Waals surface area contributed by atoms with Crippen molar-refractivity contribution in [1.82, 2.24) is 10.3 Å². The monoisotopic (exact) mass is 226 g/mol. The maximum Gasteiger partial charge on any atom is 0.0570 e. The highest BCUT2D eigenvalue weighted by molar-refractivity contribution is 7.84. The highest BCUT2D eigenvalue weighted by Crippen LogP contribution is 2.01. The first-order chi connectivity index (χ1) is 7.24. The fraction of sp³-hybridized carbons (Fsp3) is 0.545. The summed E-state index contributed by atoms with van der Waals surface area (Å²) in [7, 11) is -0.673. The Morgan fingerprint density at radius 3 is 3.00 bits per heavy atom. The maximum absolute atomic E-state index is 11.1. The van der Waals surface area contributed by atoms with Crippen molar-refractivity contribution in [3.63, 3.8) is 0 Å². The largest absolute Gasteiger partial charge is 0.310 e. The molecule has 1 atom stereocenters. The summed E-state index contributed by atoms with van der Waals surface area (Å²) >= 11 is 0. The van der Waals surface area contributed by atoms with Crippen LogP contribution >= 0.6 is 0 Å². The fourth-order valence-electron chi connectivity index (χ4n) is 1.24. The van der Waals surface area contributed by atoms with Crippen LogP contribution in [0, 0.1) is 6.92 Å². The van der Waals surface area contributed by atoms with Crippen LogP contribution in [0.5, 0.6) is 0 Å². The molecule has 15 heavy (non-hydrogen) atoms. The number of pyridine rings is 1. The van der Waals surface area contributed by atoms with Crippen molar-refractivity contribution in [2.45, 2.75) is 20.4 Å². The molecule has 0 fully saturated rings. The standard InChI is InChI=1S/C11H18N2OS/c1-3-15(14)8-7-12-9-11-10(2)5-4-6-13-11/h4-6,12H,3,7-9H2,1-2H3. The molecule has 0 aliphatic carbocycles. The molecule has 0 spiro atoms. The summed E-state index contributed by atoms with van der Waals surface area (Å²) in [5.74, 6) is 1.46. The van der Waals surface area contributed by atoms with Gasteiger partial charge in [-0.3, -0.25) is 9.19 Å². The fourth-order valence-corrected chi connectivity index (χ4v) is 1.90. The number of rotatable bonds is 6. The third-order valence-electron chi connectivity index (χ3n) is 2.24. The van der Waals surface area contributed by atoms with Crippen LogP contribution in [-0.2, 0) is 17.3 Å². The van der Waals surface area contributed by atoms with E-state index < -0.39 is 10.8 Å². The van der Waals surface area contributed by atoms with E-state index in [9.17, 15) is 4.21 Å². The second-order valence-electron chi connectivity index (χ2n) is 3.38. The Morgan fingerprint density at radius 1 is 1.53 bits per heavy atom. The molecule has 0 aromatic carbocycles. The van der Waals surface area contributed by atoms with E-state index in [-0.39, 0.29) is 0 Å². The van der Waals surface area contributed by atoms with Crippen molar-refractivity contribution >= 4 is 10.8 Å². The molecule has 0 aliphatic heterocycles. The topological polar surface area (TPSA) is 42.0 Å². The van der Waals surface area contributed by atoms with Crippen LogP contribution < -0.4 is 5.32 Å². The number of nitrogens with one attached hydrogen (secondary N) is 1. The minimum atomic E-state index is -0.673. The number of nitrogens with zero attached hydrogens (tertiary/aromatic N) is 1. The van der Waals surface area contributed by atoms with E-state index in [0.29, 0.717) is 0 Å². The van der Waals surface area contributed by atoms with Crippen molar-refractivity contribution < 1.29 is 4.21 Å². The lowest BCUT2D eigenvalue weighted by atomic mass is 10.2. The van der Waals surface area contributed by atoms with Gasteiger partial charge in [-0.15, -0.1) is 0 Å². The van der Waals surface area contributed by atoms with Crippen LogP contribution in [0.4, 0.5) is 0 Å². The average Bonchev–Trinajstić information content (AvgIpc) is 2.26. The molecule has 1 rings (SSSR count). The maximum atomic E-state index is 11.1. The first-order valence-electron chi connectivity index (χ1n) is 5.20. The van der Waals surface area contributed by atoms with Gasteiger partial charge in [-0.2, -0.15) is 0 Å². The second-order valence-corrected chi connectivity index (χ2v) is 5.24. The highest BCUT2D eigenvalue weighted by Gasteiger charge is 1.99. The SMILES string of the molecule is CCS(=O)CCNCc1ncccc1C. The van der Waals surface area contributed by atoms with E-state index in [2.05, 4.69) is 10.3 Å². The second kappa shape index (κ2) is 6.69. The molecule has 84 valence electrons. The average molecular weight is 226 g/mol. The summed E-state index contributed by atoms with van der Waals surface area (Å²) in [5.41, 5.74) is 2.27. The van der Waals surface area contributed by atoms with Crippen LogP contribution in [0.2, 0.25) is 0 Å². The minimum absolute atomic E-state index is 0.673. The summed E-state index contributed by atoms with van der Waals surface area (Å²) < 4.78 is 11.1. The van der Waals surface area contributed by atoms with Crippen molar-refractivity contribution in [1.29, 1.82) is 0 Å². The van der Waals surface area contributed by atoms with E-state index in [4.69, 9.17) is 0 Å². The van der Waals surface area contributed by atoms with Gasteiger partial charge >= 0.3 is 0 Å². The quantitative estimate of drug-likeness (QED) is 0.742. The summed E-state index contributed by atoms with van der Waals surface area (Å²) in [6.07, 6.45) is 1.80. The molecule has 3 nitrogen and oxygen atoms in total. The molecule has 0 saturated carbocycles. The zero-order chi connectivity index (χ0) is 11.1. The number of hydrogen-bond acceptors (Lipinski definition) is 3. The van der Waals surface area contributed by atoms with Gasteiger partial charge in [0.1, 0.15) is 0 Å². The zero-order valence-corrected chi connectivity index (χ0v) is 10.1. The molecule has 0 radical (unpaired) electrons. The van der Waals surface area contributed by atoms with Gasteiger partial charge in [0.2, 0.25) is 0 Å². The molecule has 4 heteroatoms. The van der Waals surface area contributed by atoms with Crippen LogP contribution in [0.25, 0.3) is 0 Å². The Hall–Kier alpha value is -0.740. The van der Waals surface area contributed by atoms with Gasteiger partial charge < -0.3 is 5.32 Å². The van der Waals surface area contributed by atoms with E-state index >= 15 is 0 Å². The first kappa shape index (κ1) is 12.3. The van der Waals surface area contributed by atoms with Crippen molar-refractivity contribution in [2.24, 2.45) is 0 Å². The third-order valence-corrected chi connectivity index (χ3v) is 3.54. The van der Waals surface area contributed by atoms with Gasteiger partial charge in [0, 0.05) is 41.6 Å². The summed E-state index contributed by atoms with van der Waals surface area (Å²) in [6.45, 7) is 5.54. The molecule has 1 heterocycles. The Morgan fingerprint density at radius 2 is 2.33 bits per heavy atom. The highest BCUT2D eigenvalue weighted by atomic mass is 32.2. The molecule has 1 aromatic heterocycles. The number of aromatic nitrogens is 1. The normalized spacial score (nSPS) is 12.7. The third kappa shape index (κ3) is 4.53. The lowest BCUT2D eigenvalue weighted by Gasteiger charge is -2.05. The molecule has 0 amide bonds. The summed E-state index contributed by atoms with van der Waals surface area (Å²) in [4.78, 5) is 4.28. The van der Waals surface area contributed by atoms with Crippen molar-refractivity contribution in [3.8, 4) is 0 Å². The van der Waals surface area contributed by atoms with Crippen LogP contribution in [0.3, 0.4) is 0 Å². The van der Waals surface area contributed by atoms with Crippen LogP contribution in [0.15, 0.2) is 18.3 Å². The molecule has 0 saturated heterocycles. The predicted octanol–water partition coefficient (Wildman–Crippen LogP) is 1.25. The van der Waals surface area contributed by atoms with Crippen molar-refractivity contribution in [3.05, 3.63) is 29.6 Å². The van der Waals surface area contributed by atoms with E-state index in [1.165, 1.54) is 5.56 Å². The Balaban J connectivity index is 2.26. The van der Waals surface area contributed by atoms with Gasteiger partial charge in [-0.1, -0.05) is 13.0 Å². The molecular weight excluding hydrogens is 208 g/mol. The Labute approximate surface area is 93.8 Å². The molecule has 1 unspecified atom stereocenters. The molecule has 1 N–H and O–H groups in total. The van der Waals surface area contributed by atoms with Crippen molar-refractivity contribution in [2.75, 3.05) is 18.1 Å². The Bertz CT molecular complexity index is 328. The Kier molecular flexibility index (Phi) is 5.50. The van der Waals surface area contributed by atoms with E-state index in [1.807, 2.05) is 26.0 Å². The van der Waals surface area contributed by atoms with Gasteiger partial charge in [0.15, 0.2) is 0 Å². The minimum Gasteiger partial charge on any atom is -0.310 e. The van der Waals surface area contributed by atoms with Crippen LogP contribution in [0.1, 0.15) is 18.2 Å². The first-order valence-corrected chi connectivity index (χ1v) is 6.69. The molecule has 0 aliphatic rings. The number of aryl methyl sites for hydroxylation is 1. The van der Waals surface area contributed by atoms with Gasteiger partial charge in [0.25, 0.3) is 0 Å². The molecule has 1 aromatic rings. The number of hydrogen-bond donors (Lipinski definition) is 1. The summed E-state index contributed by atoms with van der Waals surface area (Å²) in [6, 6.07) is 3.99. The summed E-state index contributed by atoms with van der Waals surface area (Å²) in [5, 5.41) is 3.25. The van der Waals surface area contributed by atoms with Gasteiger partial charge in [-0.05, 0) is 18.6 Å².